The molecule has 11 heavy (non-hydrogen) atoms. The molecule has 0 fully saturated rings. The van der Waals surface area contributed by atoms with Crippen molar-refractivity contribution >= 4 is 5.96 Å². The van der Waals surface area contributed by atoms with Gasteiger partial charge in [-0.15, -0.1) is 0 Å². The maximum Gasteiger partial charge on any atom is 0.400 e. The van der Waals surface area contributed by atoms with Gasteiger partial charge in [0.25, 0.3) is 5.82 Å². The van der Waals surface area contributed by atoms with Crippen LogP contribution in [-0.4, -0.2) is 24.8 Å². The summed E-state index contributed by atoms with van der Waals surface area (Å²) in [7, 11) is 3.12. The summed E-state index contributed by atoms with van der Waals surface area (Å²) in [6.45, 7) is 0. The molecule has 6 nitrogen and oxygen atoms in total. The van der Waals surface area contributed by atoms with Crippen molar-refractivity contribution in [3.63, 3.8) is 0 Å². The van der Waals surface area contributed by atoms with Crippen LogP contribution in [0.15, 0.2) is 12.0 Å². The van der Waals surface area contributed by atoms with E-state index in [0.717, 1.165) is 0 Å². The van der Waals surface area contributed by atoms with Gasteiger partial charge in [-0.2, -0.15) is 4.74 Å². The highest BCUT2D eigenvalue weighted by atomic mass is 16.5. The number of quaternary nitrogens is 1. The first-order valence-electron chi connectivity index (χ1n) is 3.16. The summed E-state index contributed by atoms with van der Waals surface area (Å²) in [6, 6.07) is 0. The Bertz CT molecular complexity index is 223. The second-order valence-corrected chi connectivity index (χ2v) is 2.04. The maximum absolute atomic E-state index is 11.0. The lowest BCUT2D eigenvalue weighted by Gasteiger charge is -2.12. The van der Waals surface area contributed by atoms with Gasteiger partial charge in [-0.25, -0.2) is 5.06 Å². The highest BCUT2D eigenvalue weighted by molar-refractivity contribution is 5.67. The summed E-state index contributed by atoms with van der Waals surface area (Å²) in [4.78, 5) is 0. The van der Waals surface area contributed by atoms with E-state index in [1.807, 2.05) is 0 Å². The molecule has 0 aliphatic carbocycles. The van der Waals surface area contributed by atoms with E-state index in [9.17, 15) is 10.4 Å². The Morgan fingerprint density at radius 2 is 2.09 bits per heavy atom. The summed E-state index contributed by atoms with van der Waals surface area (Å²) in [6.07, 6.45) is 1.25. The van der Waals surface area contributed by atoms with Gasteiger partial charge in [-0.05, 0) is 0 Å². The van der Waals surface area contributed by atoms with E-state index >= 15 is 0 Å². The summed E-state index contributed by atoms with van der Waals surface area (Å²) >= 11 is 0. The molecule has 0 radical (unpaired) electrons. The van der Waals surface area contributed by atoms with Crippen LogP contribution in [0.3, 0.4) is 0 Å². The first kappa shape index (κ1) is 7.83. The van der Waals surface area contributed by atoms with Gasteiger partial charge in [-0.3, -0.25) is 5.32 Å². The van der Waals surface area contributed by atoms with Gasteiger partial charge in [0, 0.05) is 0 Å². The highest BCUT2D eigenvalue weighted by Crippen LogP contribution is 1.89. The summed E-state index contributed by atoms with van der Waals surface area (Å²) in [5.41, 5.74) is 0. The van der Waals surface area contributed by atoms with E-state index in [2.05, 4.69) is 10.6 Å². The topological polar surface area (TPSA) is 77.6 Å². The molecule has 6 heteroatoms. The van der Waals surface area contributed by atoms with Crippen molar-refractivity contribution in [2.75, 3.05) is 14.1 Å². The van der Waals surface area contributed by atoms with Crippen LogP contribution in [0.1, 0.15) is 0 Å². The van der Waals surface area contributed by atoms with Gasteiger partial charge >= 0.3 is 5.96 Å². The third-order valence-corrected chi connectivity index (χ3v) is 1.42. The molecule has 0 bridgehead atoms. The fourth-order valence-electron chi connectivity index (χ4n) is 0.870. The van der Waals surface area contributed by atoms with Crippen molar-refractivity contribution in [1.82, 2.24) is 10.6 Å². The Morgan fingerprint density at radius 1 is 1.45 bits per heavy atom. The molecule has 1 unspecified atom stereocenters. The molecule has 0 aromatic carbocycles. The van der Waals surface area contributed by atoms with E-state index in [-0.39, 0.29) is 16.8 Å². The van der Waals surface area contributed by atoms with Crippen LogP contribution in [0.5, 0.6) is 0 Å². The number of guanidine groups is 1. The minimum atomic E-state index is -0.299. The molecule has 1 aliphatic heterocycles. The number of rotatable bonds is 1. The van der Waals surface area contributed by atoms with Gasteiger partial charge in [0.2, 0.25) is 0 Å². The Labute approximate surface area is 64.0 Å². The van der Waals surface area contributed by atoms with Gasteiger partial charge in [-0.1, -0.05) is 0 Å². The Kier molecular flexibility index (Phi) is 1.97. The lowest BCUT2D eigenvalue weighted by Crippen LogP contribution is -3.07. The van der Waals surface area contributed by atoms with Crippen LogP contribution in [-0.2, 0) is 0 Å². The van der Waals surface area contributed by atoms with E-state index < -0.39 is 0 Å². The molecule has 1 heterocycles. The van der Waals surface area contributed by atoms with E-state index in [0.29, 0.717) is 4.74 Å². The SMILES string of the molecule is CNC1=C[NH+]([O-])C(NC)=[N+]1[O-]. The molecule has 1 atom stereocenters. The van der Waals surface area contributed by atoms with Gasteiger partial charge < -0.3 is 15.7 Å². The highest BCUT2D eigenvalue weighted by Gasteiger charge is 2.23. The van der Waals surface area contributed by atoms with Crippen LogP contribution >= 0.6 is 0 Å². The Hall–Kier alpha value is -1.27. The number of hydroxylamine groups is 3. The molecule has 0 aromatic heterocycles. The first-order valence-corrected chi connectivity index (χ1v) is 3.16. The zero-order valence-corrected chi connectivity index (χ0v) is 6.34. The smallest absolute Gasteiger partial charge is 0.400 e. The van der Waals surface area contributed by atoms with Gasteiger partial charge in [0.15, 0.2) is 6.20 Å². The second-order valence-electron chi connectivity index (χ2n) is 2.04. The van der Waals surface area contributed by atoms with Crippen molar-refractivity contribution in [2.45, 2.75) is 0 Å². The molecule has 62 valence electrons. The molecule has 1 rings (SSSR count). The molecule has 0 spiro atoms. The van der Waals surface area contributed by atoms with Crippen LogP contribution < -0.4 is 15.7 Å². The number of nitrogens with zero attached hydrogens (tertiary/aromatic N) is 1. The summed E-state index contributed by atoms with van der Waals surface area (Å²) < 4.78 is 0.530. The largest absolute Gasteiger partial charge is 0.736 e. The summed E-state index contributed by atoms with van der Waals surface area (Å²) in [5, 5.41) is 26.8. The average Bonchev–Trinajstić information content (AvgIpc) is 2.26. The van der Waals surface area contributed by atoms with E-state index in [1.54, 1.807) is 7.05 Å². The van der Waals surface area contributed by atoms with Crippen molar-refractivity contribution in [3.05, 3.63) is 22.4 Å². The number of hydrogen-bond donors (Lipinski definition) is 3. The zero-order valence-electron chi connectivity index (χ0n) is 6.34. The predicted molar refractivity (Wildman–Crippen MR) is 39.2 cm³/mol. The van der Waals surface area contributed by atoms with Crippen molar-refractivity contribution in [2.24, 2.45) is 0 Å². The lowest BCUT2D eigenvalue weighted by molar-refractivity contribution is -0.700. The number of nitrogens with one attached hydrogen (secondary N) is 3. The van der Waals surface area contributed by atoms with Crippen LogP contribution in [0.4, 0.5) is 0 Å². The standard InChI is InChI=1S/C5H10N4O2/c1-6-4-3-8(10)5(7-2)9(4)11/h3,6-8H,1-2H3. The second kappa shape index (κ2) is 2.77. The van der Waals surface area contributed by atoms with Crippen molar-refractivity contribution < 1.29 is 9.80 Å². The van der Waals surface area contributed by atoms with Crippen molar-refractivity contribution in [1.29, 1.82) is 0 Å². The quantitative estimate of drug-likeness (QED) is 0.291. The fraction of sp³-hybridized carbons (Fsp3) is 0.400. The fourth-order valence-corrected chi connectivity index (χ4v) is 0.870. The van der Waals surface area contributed by atoms with Crippen LogP contribution in [0, 0.1) is 10.4 Å². The van der Waals surface area contributed by atoms with Gasteiger partial charge in [0.1, 0.15) is 0 Å². The van der Waals surface area contributed by atoms with Crippen LogP contribution in [0.25, 0.3) is 0 Å². The first-order chi connectivity index (χ1) is 5.20. The Balaban J connectivity index is 2.89. The molecule has 0 aromatic rings. The third-order valence-electron chi connectivity index (χ3n) is 1.42. The van der Waals surface area contributed by atoms with E-state index in [1.165, 1.54) is 13.2 Å². The zero-order chi connectivity index (χ0) is 8.43. The molecule has 3 N–H and O–H groups in total. The molecule has 1 aliphatic rings. The molecule has 0 saturated carbocycles. The van der Waals surface area contributed by atoms with E-state index in [4.69, 9.17) is 0 Å². The monoisotopic (exact) mass is 158 g/mol. The number of hydrogen-bond acceptors (Lipinski definition) is 4. The molecular formula is C5H10N4O2. The lowest BCUT2D eigenvalue weighted by atomic mass is 10.7. The molecule has 0 saturated heterocycles. The maximum atomic E-state index is 11.0. The minimum Gasteiger partial charge on any atom is -0.736 e. The normalized spacial score (nSPS) is 23.5. The molecular weight excluding hydrogens is 148 g/mol. The van der Waals surface area contributed by atoms with Crippen LogP contribution in [0.2, 0.25) is 0 Å². The van der Waals surface area contributed by atoms with Crippen molar-refractivity contribution in [3.8, 4) is 0 Å². The minimum absolute atomic E-state index is 0.0503. The molecule has 0 amide bonds. The summed E-state index contributed by atoms with van der Waals surface area (Å²) in [5.74, 6) is 0.314. The Morgan fingerprint density at radius 3 is 2.36 bits per heavy atom. The average molecular weight is 158 g/mol. The third kappa shape index (κ3) is 1.13. The van der Waals surface area contributed by atoms with Gasteiger partial charge in [0.05, 0.1) is 14.1 Å². The predicted octanol–water partition coefficient (Wildman–Crippen LogP) is -2.51.